The van der Waals surface area contributed by atoms with Crippen molar-refractivity contribution < 1.29 is 9.90 Å². The van der Waals surface area contributed by atoms with Gasteiger partial charge in [-0.3, -0.25) is 5.10 Å². The Kier molecular flexibility index (Phi) is 2.95. The maximum Gasteiger partial charge on any atom is 0.339 e. The summed E-state index contributed by atoms with van der Waals surface area (Å²) in [7, 11) is 0. The van der Waals surface area contributed by atoms with Gasteiger partial charge in [0.25, 0.3) is 0 Å². The number of carboxylic acid groups (broad SMARTS) is 1. The Balaban J connectivity index is 2.60. The lowest BCUT2D eigenvalue weighted by Crippen LogP contribution is -2.03. The third-order valence-corrected chi connectivity index (χ3v) is 2.63. The summed E-state index contributed by atoms with van der Waals surface area (Å²) in [5.41, 5.74) is 2.25. The lowest BCUT2D eigenvalue weighted by atomic mass is 10.0. The van der Waals surface area contributed by atoms with Gasteiger partial charge in [-0.1, -0.05) is 44.2 Å². The Hall–Kier alpha value is -2.10. The number of benzene rings is 1. The minimum atomic E-state index is -0.943. The second-order valence-corrected chi connectivity index (χ2v) is 4.19. The molecule has 1 aromatic carbocycles. The van der Waals surface area contributed by atoms with E-state index < -0.39 is 5.97 Å². The first-order valence-electron chi connectivity index (χ1n) is 5.48. The van der Waals surface area contributed by atoms with Crippen LogP contribution in [0.25, 0.3) is 11.3 Å². The van der Waals surface area contributed by atoms with E-state index in [0.717, 1.165) is 5.56 Å². The molecule has 0 unspecified atom stereocenters. The molecule has 4 heteroatoms. The van der Waals surface area contributed by atoms with Gasteiger partial charge in [-0.15, -0.1) is 0 Å². The number of nitrogens with one attached hydrogen (secondary N) is 1. The van der Waals surface area contributed by atoms with Crippen molar-refractivity contribution in [3.8, 4) is 11.3 Å². The molecule has 0 aliphatic rings. The van der Waals surface area contributed by atoms with Crippen molar-refractivity contribution in [1.82, 2.24) is 10.2 Å². The predicted octanol–water partition coefficient (Wildman–Crippen LogP) is 2.90. The molecule has 0 radical (unpaired) electrons. The Morgan fingerprint density at radius 1 is 1.29 bits per heavy atom. The van der Waals surface area contributed by atoms with E-state index in [1.165, 1.54) is 0 Å². The molecule has 0 saturated heterocycles. The van der Waals surface area contributed by atoms with Crippen LogP contribution >= 0.6 is 0 Å². The number of hydrogen-bond donors (Lipinski definition) is 2. The minimum absolute atomic E-state index is 0.103. The molecule has 0 aliphatic heterocycles. The van der Waals surface area contributed by atoms with Gasteiger partial charge in [-0.2, -0.15) is 5.10 Å². The van der Waals surface area contributed by atoms with E-state index >= 15 is 0 Å². The molecule has 2 rings (SSSR count). The number of aromatic carboxylic acids is 1. The number of aromatic amines is 1. The van der Waals surface area contributed by atoms with Crippen LogP contribution in [0, 0.1) is 0 Å². The van der Waals surface area contributed by atoms with E-state index in [1.54, 1.807) is 0 Å². The second-order valence-electron chi connectivity index (χ2n) is 4.19. The van der Waals surface area contributed by atoms with Crippen molar-refractivity contribution in [2.24, 2.45) is 0 Å². The number of H-pyrrole nitrogens is 1. The van der Waals surface area contributed by atoms with Crippen molar-refractivity contribution in [3.05, 3.63) is 41.6 Å². The van der Waals surface area contributed by atoms with E-state index in [0.29, 0.717) is 11.4 Å². The Morgan fingerprint density at radius 3 is 2.47 bits per heavy atom. The molecule has 17 heavy (non-hydrogen) atoms. The largest absolute Gasteiger partial charge is 0.478 e. The summed E-state index contributed by atoms with van der Waals surface area (Å²) in [5.74, 6) is -0.840. The third-order valence-electron chi connectivity index (χ3n) is 2.63. The van der Waals surface area contributed by atoms with Crippen LogP contribution < -0.4 is 0 Å². The van der Waals surface area contributed by atoms with Crippen LogP contribution in [0.5, 0.6) is 0 Å². The molecule has 1 aromatic heterocycles. The minimum Gasteiger partial charge on any atom is -0.478 e. The molecule has 0 amide bonds. The van der Waals surface area contributed by atoms with Crippen molar-refractivity contribution in [2.45, 2.75) is 19.8 Å². The van der Waals surface area contributed by atoms with E-state index in [-0.39, 0.29) is 11.5 Å². The van der Waals surface area contributed by atoms with Crippen LogP contribution in [0.3, 0.4) is 0 Å². The highest BCUT2D eigenvalue weighted by Crippen LogP contribution is 2.27. The number of rotatable bonds is 3. The Bertz CT molecular complexity index is 530. The number of carboxylic acids is 1. The first-order chi connectivity index (χ1) is 8.11. The van der Waals surface area contributed by atoms with E-state index in [4.69, 9.17) is 0 Å². The summed E-state index contributed by atoms with van der Waals surface area (Å²) in [6, 6.07) is 9.33. The Labute approximate surface area is 99.3 Å². The molecule has 0 bridgehead atoms. The fourth-order valence-corrected chi connectivity index (χ4v) is 1.79. The number of nitrogens with zero attached hydrogens (tertiary/aromatic N) is 1. The average Bonchev–Trinajstić information content (AvgIpc) is 2.74. The fraction of sp³-hybridized carbons (Fsp3) is 0.231. The topological polar surface area (TPSA) is 66.0 Å². The summed E-state index contributed by atoms with van der Waals surface area (Å²) in [4.78, 5) is 11.3. The van der Waals surface area contributed by atoms with Crippen LogP contribution in [0.2, 0.25) is 0 Å². The summed E-state index contributed by atoms with van der Waals surface area (Å²) in [6.45, 7) is 3.88. The van der Waals surface area contributed by atoms with Gasteiger partial charge in [0.15, 0.2) is 0 Å². The molecule has 0 atom stereocenters. The summed E-state index contributed by atoms with van der Waals surface area (Å²) >= 11 is 0. The van der Waals surface area contributed by atoms with Crippen molar-refractivity contribution in [3.63, 3.8) is 0 Å². The first-order valence-corrected chi connectivity index (χ1v) is 5.48. The molecule has 0 aliphatic carbocycles. The summed E-state index contributed by atoms with van der Waals surface area (Å²) in [6.07, 6.45) is 0. The molecule has 2 N–H and O–H groups in total. The quantitative estimate of drug-likeness (QED) is 0.852. The normalized spacial score (nSPS) is 10.8. The van der Waals surface area contributed by atoms with Gasteiger partial charge in [-0.05, 0) is 5.92 Å². The smallest absolute Gasteiger partial charge is 0.339 e. The molecule has 0 saturated carbocycles. The van der Waals surface area contributed by atoms with Gasteiger partial charge in [0.2, 0.25) is 0 Å². The molecule has 2 aromatic rings. The average molecular weight is 230 g/mol. The van der Waals surface area contributed by atoms with Crippen molar-refractivity contribution >= 4 is 5.97 Å². The maximum atomic E-state index is 11.3. The van der Waals surface area contributed by atoms with E-state index in [2.05, 4.69) is 10.2 Å². The number of hydrogen-bond acceptors (Lipinski definition) is 2. The van der Waals surface area contributed by atoms with E-state index in [9.17, 15) is 9.90 Å². The lowest BCUT2D eigenvalue weighted by Gasteiger charge is -2.03. The van der Waals surface area contributed by atoms with Gasteiger partial charge in [-0.25, -0.2) is 4.79 Å². The maximum absolute atomic E-state index is 11.3. The molecule has 1 heterocycles. The molecule has 88 valence electrons. The van der Waals surface area contributed by atoms with Crippen LogP contribution in [0.4, 0.5) is 0 Å². The zero-order valence-electron chi connectivity index (χ0n) is 9.77. The fourth-order valence-electron chi connectivity index (χ4n) is 1.79. The zero-order valence-corrected chi connectivity index (χ0v) is 9.77. The molecular weight excluding hydrogens is 216 g/mol. The number of aromatic nitrogens is 2. The van der Waals surface area contributed by atoms with Crippen molar-refractivity contribution in [2.75, 3.05) is 0 Å². The van der Waals surface area contributed by atoms with Crippen LogP contribution in [0.15, 0.2) is 30.3 Å². The van der Waals surface area contributed by atoms with Gasteiger partial charge in [0.1, 0.15) is 11.3 Å². The predicted molar refractivity (Wildman–Crippen MR) is 65.1 cm³/mol. The first kappa shape index (κ1) is 11.4. The van der Waals surface area contributed by atoms with Crippen LogP contribution in [0.1, 0.15) is 35.8 Å². The van der Waals surface area contributed by atoms with Gasteiger partial charge >= 0.3 is 5.97 Å². The monoisotopic (exact) mass is 230 g/mol. The third kappa shape index (κ3) is 2.06. The van der Waals surface area contributed by atoms with Gasteiger partial charge < -0.3 is 5.11 Å². The lowest BCUT2D eigenvalue weighted by molar-refractivity contribution is 0.0696. The molecule has 4 nitrogen and oxygen atoms in total. The van der Waals surface area contributed by atoms with Crippen molar-refractivity contribution in [1.29, 1.82) is 0 Å². The summed E-state index contributed by atoms with van der Waals surface area (Å²) in [5, 5.41) is 16.2. The molecular formula is C13H14N2O2. The highest BCUT2D eigenvalue weighted by Gasteiger charge is 2.22. The number of carbonyl (C=O) groups is 1. The van der Waals surface area contributed by atoms with Crippen LogP contribution in [-0.4, -0.2) is 21.3 Å². The van der Waals surface area contributed by atoms with Gasteiger partial charge in [0, 0.05) is 5.56 Å². The second kappa shape index (κ2) is 4.41. The SMILES string of the molecule is CC(C)c1[nH]nc(-c2ccccc2)c1C(=O)O. The van der Waals surface area contributed by atoms with Gasteiger partial charge in [0.05, 0.1) is 5.69 Å². The summed E-state index contributed by atoms with van der Waals surface area (Å²) < 4.78 is 0. The molecule has 0 spiro atoms. The molecule has 0 fully saturated rings. The Morgan fingerprint density at radius 2 is 1.94 bits per heavy atom. The highest BCUT2D eigenvalue weighted by atomic mass is 16.4. The standard InChI is InChI=1S/C13H14N2O2/c1-8(2)11-10(13(16)17)12(15-14-11)9-6-4-3-5-7-9/h3-8H,1-2H3,(H,14,15)(H,16,17). The zero-order chi connectivity index (χ0) is 12.4. The van der Waals surface area contributed by atoms with Crippen LogP contribution in [-0.2, 0) is 0 Å². The van der Waals surface area contributed by atoms with E-state index in [1.807, 2.05) is 44.2 Å². The highest BCUT2D eigenvalue weighted by molar-refractivity contribution is 5.96.